The van der Waals surface area contributed by atoms with Crippen LogP contribution in [0.1, 0.15) is 32.6 Å². The van der Waals surface area contributed by atoms with Gasteiger partial charge in [-0.25, -0.2) is 0 Å². The van der Waals surface area contributed by atoms with Gasteiger partial charge in [-0.05, 0) is 31.1 Å². The van der Waals surface area contributed by atoms with Gasteiger partial charge in [0, 0.05) is 12.5 Å². The van der Waals surface area contributed by atoms with Gasteiger partial charge in [-0.3, -0.25) is 9.59 Å². The fourth-order valence-corrected chi connectivity index (χ4v) is 3.04. The lowest BCUT2D eigenvalue weighted by molar-refractivity contribution is -0.141. The first kappa shape index (κ1) is 11.4. The van der Waals surface area contributed by atoms with Crippen LogP contribution < -0.4 is 5.32 Å². The monoisotopic (exact) mass is 225 g/mol. The van der Waals surface area contributed by atoms with Crippen molar-refractivity contribution in [3.8, 4) is 0 Å². The summed E-state index contributed by atoms with van der Waals surface area (Å²) in [7, 11) is 0. The van der Waals surface area contributed by atoms with Crippen LogP contribution in [0.2, 0.25) is 0 Å². The van der Waals surface area contributed by atoms with Gasteiger partial charge in [-0.15, -0.1) is 0 Å². The van der Waals surface area contributed by atoms with Crippen LogP contribution in [0.3, 0.4) is 0 Å². The van der Waals surface area contributed by atoms with E-state index in [1.54, 1.807) is 6.92 Å². The summed E-state index contributed by atoms with van der Waals surface area (Å²) in [4.78, 5) is 22.5. The summed E-state index contributed by atoms with van der Waals surface area (Å²) in [5.41, 5.74) is 0. The minimum absolute atomic E-state index is 0.0697. The molecule has 2 rings (SSSR count). The molecule has 1 amide bonds. The second-order valence-corrected chi connectivity index (χ2v) is 5.27. The lowest BCUT2D eigenvalue weighted by atomic mass is 9.88. The molecule has 2 N–H and O–H groups in total. The highest BCUT2D eigenvalue weighted by Crippen LogP contribution is 2.48. The van der Waals surface area contributed by atoms with Crippen molar-refractivity contribution < 1.29 is 14.7 Å². The zero-order valence-corrected chi connectivity index (χ0v) is 9.61. The normalized spacial score (nSPS) is 33.7. The van der Waals surface area contributed by atoms with E-state index in [4.69, 9.17) is 5.11 Å². The van der Waals surface area contributed by atoms with E-state index in [0.29, 0.717) is 5.92 Å². The maximum atomic E-state index is 11.9. The molecule has 0 aromatic carbocycles. The molecule has 2 saturated carbocycles. The van der Waals surface area contributed by atoms with Crippen LogP contribution >= 0.6 is 0 Å². The molecule has 0 radical (unpaired) electrons. The highest BCUT2D eigenvalue weighted by molar-refractivity contribution is 5.80. The number of carbonyl (C=O) groups is 2. The number of hydrogen-bond acceptors (Lipinski definition) is 2. The predicted molar refractivity (Wildman–Crippen MR) is 58.7 cm³/mol. The van der Waals surface area contributed by atoms with E-state index >= 15 is 0 Å². The maximum absolute atomic E-state index is 11.9. The Morgan fingerprint density at radius 1 is 1.38 bits per heavy atom. The van der Waals surface area contributed by atoms with Crippen LogP contribution in [0.25, 0.3) is 0 Å². The SMILES string of the molecule is C[C@@H](CNC(=O)[C@H]1C[C@H]2CC[C@H]1C2)C(=O)O. The van der Waals surface area contributed by atoms with Crippen LogP contribution in [0, 0.1) is 23.7 Å². The number of rotatable bonds is 4. The minimum Gasteiger partial charge on any atom is -0.481 e. The maximum Gasteiger partial charge on any atom is 0.308 e. The summed E-state index contributed by atoms with van der Waals surface area (Å²) in [6, 6.07) is 0. The molecule has 0 aromatic rings. The topological polar surface area (TPSA) is 66.4 Å². The van der Waals surface area contributed by atoms with Crippen molar-refractivity contribution in [1.82, 2.24) is 5.32 Å². The van der Waals surface area contributed by atoms with Crippen molar-refractivity contribution in [3.63, 3.8) is 0 Å². The fraction of sp³-hybridized carbons (Fsp3) is 0.833. The van der Waals surface area contributed by atoms with Gasteiger partial charge in [0.15, 0.2) is 0 Å². The molecule has 90 valence electrons. The number of hydrogen-bond donors (Lipinski definition) is 2. The highest BCUT2D eigenvalue weighted by Gasteiger charge is 2.42. The van der Waals surface area contributed by atoms with Gasteiger partial charge in [0.25, 0.3) is 0 Å². The number of fused-ring (bicyclic) bond motifs is 2. The van der Waals surface area contributed by atoms with Crippen LogP contribution in [0.15, 0.2) is 0 Å². The second kappa shape index (κ2) is 4.44. The summed E-state index contributed by atoms with van der Waals surface area (Å²) >= 11 is 0. The summed E-state index contributed by atoms with van der Waals surface area (Å²) in [5, 5.41) is 11.5. The summed E-state index contributed by atoms with van der Waals surface area (Å²) in [5.74, 6) is 0.179. The molecular weight excluding hydrogens is 206 g/mol. The summed E-state index contributed by atoms with van der Waals surface area (Å²) < 4.78 is 0. The highest BCUT2D eigenvalue weighted by atomic mass is 16.4. The van der Waals surface area contributed by atoms with E-state index in [1.165, 1.54) is 19.3 Å². The molecule has 0 spiro atoms. The van der Waals surface area contributed by atoms with E-state index in [-0.39, 0.29) is 18.4 Å². The first-order valence-corrected chi connectivity index (χ1v) is 6.08. The summed E-state index contributed by atoms with van der Waals surface area (Å²) in [6.07, 6.45) is 4.67. The van der Waals surface area contributed by atoms with Gasteiger partial charge in [-0.2, -0.15) is 0 Å². The van der Waals surface area contributed by atoms with E-state index in [0.717, 1.165) is 12.3 Å². The molecule has 4 atom stereocenters. The molecule has 2 aliphatic carbocycles. The Labute approximate surface area is 95.4 Å². The van der Waals surface area contributed by atoms with Crippen molar-refractivity contribution in [1.29, 1.82) is 0 Å². The van der Waals surface area contributed by atoms with Crippen LogP contribution in [0.4, 0.5) is 0 Å². The standard InChI is InChI=1S/C12H19NO3/c1-7(12(15)16)6-13-11(14)10-5-8-2-3-9(10)4-8/h7-10H,2-6H2,1H3,(H,13,14)(H,15,16)/t7-,8-,9-,10-/m0/s1. The molecule has 0 aliphatic heterocycles. The van der Waals surface area contributed by atoms with Gasteiger partial charge in [0.2, 0.25) is 5.91 Å². The molecule has 0 saturated heterocycles. The van der Waals surface area contributed by atoms with Gasteiger partial charge in [0.05, 0.1) is 5.92 Å². The number of nitrogens with one attached hydrogen (secondary N) is 1. The molecule has 0 unspecified atom stereocenters. The average Bonchev–Trinajstić information content (AvgIpc) is 2.86. The van der Waals surface area contributed by atoms with Gasteiger partial charge in [-0.1, -0.05) is 13.3 Å². The third-order valence-corrected chi connectivity index (χ3v) is 4.08. The molecule has 2 bridgehead atoms. The zero-order chi connectivity index (χ0) is 11.7. The molecule has 4 heteroatoms. The van der Waals surface area contributed by atoms with Crippen LogP contribution in [0.5, 0.6) is 0 Å². The van der Waals surface area contributed by atoms with Crippen molar-refractivity contribution in [2.75, 3.05) is 6.54 Å². The molecular formula is C12H19NO3. The molecule has 2 fully saturated rings. The number of carboxylic acid groups (broad SMARTS) is 1. The number of carboxylic acids is 1. The quantitative estimate of drug-likeness (QED) is 0.757. The number of amides is 1. The minimum atomic E-state index is -0.853. The largest absolute Gasteiger partial charge is 0.481 e. The second-order valence-electron chi connectivity index (χ2n) is 5.27. The van der Waals surface area contributed by atoms with E-state index < -0.39 is 11.9 Å². The number of aliphatic carboxylic acids is 1. The van der Waals surface area contributed by atoms with Crippen molar-refractivity contribution in [3.05, 3.63) is 0 Å². The van der Waals surface area contributed by atoms with Gasteiger partial charge >= 0.3 is 5.97 Å². The predicted octanol–water partition coefficient (Wildman–Crippen LogP) is 1.26. The third-order valence-electron chi connectivity index (χ3n) is 4.08. The Hall–Kier alpha value is -1.06. The Bertz CT molecular complexity index is 303. The smallest absolute Gasteiger partial charge is 0.308 e. The molecule has 0 heterocycles. The zero-order valence-electron chi connectivity index (χ0n) is 9.61. The van der Waals surface area contributed by atoms with Crippen molar-refractivity contribution in [2.45, 2.75) is 32.6 Å². The molecule has 16 heavy (non-hydrogen) atoms. The lowest BCUT2D eigenvalue weighted by Crippen LogP contribution is -2.37. The molecule has 2 aliphatic rings. The van der Waals surface area contributed by atoms with E-state index in [9.17, 15) is 9.59 Å². The summed E-state index contributed by atoms with van der Waals surface area (Å²) in [6.45, 7) is 1.87. The van der Waals surface area contributed by atoms with Crippen molar-refractivity contribution in [2.24, 2.45) is 23.7 Å². The van der Waals surface area contributed by atoms with Crippen LogP contribution in [-0.2, 0) is 9.59 Å². The number of carbonyl (C=O) groups excluding carboxylic acids is 1. The first-order valence-electron chi connectivity index (χ1n) is 6.08. The van der Waals surface area contributed by atoms with Crippen molar-refractivity contribution >= 4 is 11.9 Å². The molecule has 4 nitrogen and oxygen atoms in total. The lowest BCUT2D eigenvalue weighted by Gasteiger charge is -2.21. The average molecular weight is 225 g/mol. The van der Waals surface area contributed by atoms with Gasteiger partial charge in [0.1, 0.15) is 0 Å². The Morgan fingerprint density at radius 3 is 2.62 bits per heavy atom. The van der Waals surface area contributed by atoms with Gasteiger partial charge < -0.3 is 10.4 Å². The van der Waals surface area contributed by atoms with E-state index in [1.807, 2.05) is 0 Å². The third kappa shape index (κ3) is 2.20. The van der Waals surface area contributed by atoms with E-state index in [2.05, 4.69) is 5.32 Å². The Kier molecular flexibility index (Phi) is 3.17. The fourth-order valence-electron chi connectivity index (χ4n) is 3.04. The molecule has 0 aromatic heterocycles. The Morgan fingerprint density at radius 2 is 2.12 bits per heavy atom. The first-order chi connectivity index (χ1) is 7.58. The van der Waals surface area contributed by atoms with Crippen LogP contribution in [-0.4, -0.2) is 23.5 Å². The Balaban J connectivity index is 1.78.